The van der Waals surface area contributed by atoms with Gasteiger partial charge in [0.1, 0.15) is 12.0 Å². The van der Waals surface area contributed by atoms with Gasteiger partial charge in [-0.25, -0.2) is 0 Å². The molecule has 2 atom stereocenters. The van der Waals surface area contributed by atoms with Gasteiger partial charge >= 0.3 is 11.9 Å². The molecular formula is C16H28O4. The Kier molecular flexibility index (Phi) is 6.50. The number of hydrogen-bond acceptors (Lipinski definition) is 4. The maximum absolute atomic E-state index is 12.1. The summed E-state index contributed by atoms with van der Waals surface area (Å²) in [5, 5.41) is 0. The molecule has 1 heterocycles. The Bertz CT molecular complexity index is 335. The van der Waals surface area contributed by atoms with E-state index in [9.17, 15) is 9.59 Å². The van der Waals surface area contributed by atoms with Crippen molar-refractivity contribution in [3.05, 3.63) is 0 Å². The first-order valence-corrected chi connectivity index (χ1v) is 7.82. The lowest BCUT2D eigenvalue weighted by Crippen LogP contribution is -2.36. The first-order valence-electron chi connectivity index (χ1n) is 7.82. The molecule has 0 aromatic rings. The lowest BCUT2D eigenvalue weighted by molar-refractivity contribution is -0.153. The second-order valence-electron chi connectivity index (χ2n) is 6.10. The van der Waals surface area contributed by atoms with E-state index in [1.807, 2.05) is 0 Å². The Labute approximate surface area is 122 Å². The highest BCUT2D eigenvalue weighted by atomic mass is 16.6. The molecule has 20 heavy (non-hydrogen) atoms. The SMILES string of the molecule is CCCCCCC[C@H]1OC(=O)C(C)(C)[C@@H]1C(=O)OCC. The molecule has 1 aliphatic heterocycles. The smallest absolute Gasteiger partial charge is 0.313 e. The fourth-order valence-corrected chi connectivity index (χ4v) is 2.80. The quantitative estimate of drug-likeness (QED) is 0.506. The summed E-state index contributed by atoms with van der Waals surface area (Å²) >= 11 is 0. The Morgan fingerprint density at radius 3 is 2.45 bits per heavy atom. The van der Waals surface area contributed by atoms with Crippen LogP contribution in [-0.2, 0) is 19.1 Å². The standard InChI is InChI=1S/C16H28O4/c1-5-7-8-9-10-11-12-13(14(17)19-6-2)16(3,4)15(18)20-12/h12-13H,5-11H2,1-4H3/t12-,13+/m1/s1. The van der Waals surface area contributed by atoms with Crippen molar-refractivity contribution >= 4 is 11.9 Å². The molecular weight excluding hydrogens is 256 g/mol. The molecule has 0 saturated carbocycles. The van der Waals surface area contributed by atoms with E-state index in [1.165, 1.54) is 19.3 Å². The molecule has 0 unspecified atom stereocenters. The zero-order valence-corrected chi connectivity index (χ0v) is 13.2. The molecule has 4 heteroatoms. The average Bonchev–Trinajstić information content (AvgIpc) is 2.60. The van der Waals surface area contributed by atoms with Gasteiger partial charge in [-0.15, -0.1) is 0 Å². The maximum atomic E-state index is 12.1. The van der Waals surface area contributed by atoms with Crippen molar-refractivity contribution in [2.24, 2.45) is 11.3 Å². The summed E-state index contributed by atoms with van der Waals surface area (Å²) < 4.78 is 10.5. The van der Waals surface area contributed by atoms with Gasteiger partial charge in [-0.05, 0) is 33.6 Å². The van der Waals surface area contributed by atoms with Crippen LogP contribution in [0.15, 0.2) is 0 Å². The van der Waals surface area contributed by atoms with Gasteiger partial charge in [-0.3, -0.25) is 9.59 Å². The molecule has 0 amide bonds. The summed E-state index contributed by atoms with van der Waals surface area (Å²) in [5.41, 5.74) is -0.777. The predicted molar refractivity (Wildman–Crippen MR) is 77.2 cm³/mol. The minimum atomic E-state index is -0.777. The number of carbonyl (C=O) groups is 2. The van der Waals surface area contributed by atoms with Crippen molar-refractivity contribution in [2.45, 2.75) is 72.3 Å². The fraction of sp³-hybridized carbons (Fsp3) is 0.875. The van der Waals surface area contributed by atoms with Crippen LogP contribution in [0.1, 0.15) is 66.2 Å². The fourth-order valence-electron chi connectivity index (χ4n) is 2.80. The summed E-state index contributed by atoms with van der Waals surface area (Å²) in [6, 6.07) is 0. The van der Waals surface area contributed by atoms with Gasteiger partial charge in [-0.1, -0.05) is 32.6 Å². The number of hydrogen-bond donors (Lipinski definition) is 0. The van der Waals surface area contributed by atoms with Gasteiger partial charge in [0.15, 0.2) is 0 Å². The lowest BCUT2D eigenvalue weighted by atomic mass is 9.77. The number of unbranched alkanes of at least 4 members (excludes halogenated alkanes) is 4. The average molecular weight is 284 g/mol. The highest BCUT2D eigenvalue weighted by Crippen LogP contribution is 2.41. The molecule has 0 N–H and O–H groups in total. The van der Waals surface area contributed by atoms with Crippen LogP contribution in [0.25, 0.3) is 0 Å². The number of cyclic esters (lactones) is 1. The molecule has 116 valence electrons. The molecule has 0 radical (unpaired) electrons. The molecule has 0 spiro atoms. The van der Waals surface area contributed by atoms with Crippen LogP contribution < -0.4 is 0 Å². The molecule has 0 aliphatic carbocycles. The van der Waals surface area contributed by atoms with Crippen LogP contribution in [0.4, 0.5) is 0 Å². The minimum Gasteiger partial charge on any atom is -0.466 e. The summed E-state index contributed by atoms with van der Waals surface area (Å²) in [6.07, 6.45) is 6.18. The lowest BCUT2D eigenvalue weighted by Gasteiger charge is -2.23. The summed E-state index contributed by atoms with van der Waals surface area (Å²) in [7, 11) is 0. The van der Waals surface area contributed by atoms with E-state index in [2.05, 4.69) is 6.92 Å². The molecule has 1 rings (SSSR count). The molecule has 0 aromatic carbocycles. The van der Waals surface area contributed by atoms with E-state index >= 15 is 0 Å². The van der Waals surface area contributed by atoms with Gasteiger partial charge in [0, 0.05) is 0 Å². The largest absolute Gasteiger partial charge is 0.466 e. The van der Waals surface area contributed by atoms with Gasteiger partial charge in [-0.2, -0.15) is 0 Å². The zero-order chi connectivity index (χ0) is 15.2. The van der Waals surface area contributed by atoms with Crippen LogP contribution in [0.2, 0.25) is 0 Å². The predicted octanol–water partition coefficient (Wildman–Crippen LogP) is 3.48. The second kappa shape index (κ2) is 7.65. The van der Waals surface area contributed by atoms with E-state index in [1.54, 1.807) is 20.8 Å². The van der Waals surface area contributed by atoms with E-state index in [-0.39, 0.29) is 18.0 Å². The van der Waals surface area contributed by atoms with Crippen molar-refractivity contribution in [3.63, 3.8) is 0 Å². The first kappa shape index (κ1) is 17.0. The number of ether oxygens (including phenoxy) is 2. The highest BCUT2D eigenvalue weighted by Gasteiger charge is 2.55. The molecule has 4 nitrogen and oxygen atoms in total. The number of carbonyl (C=O) groups excluding carboxylic acids is 2. The third-order valence-corrected chi connectivity index (χ3v) is 4.07. The van der Waals surface area contributed by atoms with Crippen molar-refractivity contribution in [3.8, 4) is 0 Å². The van der Waals surface area contributed by atoms with Gasteiger partial charge in [0.2, 0.25) is 0 Å². The minimum absolute atomic E-state index is 0.283. The van der Waals surface area contributed by atoms with E-state index in [0.29, 0.717) is 6.61 Å². The third kappa shape index (κ3) is 3.97. The van der Waals surface area contributed by atoms with Crippen LogP contribution >= 0.6 is 0 Å². The molecule has 1 fully saturated rings. The molecule has 1 saturated heterocycles. The van der Waals surface area contributed by atoms with Crippen LogP contribution in [0.3, 0.4) is 0 Å². The second-order valence-corrected chi connectivity index (χ2v) is 6.10. The van der Waals surface area contributed by atoms with Crippen molar-refractivity contribution in [2.75, 3.05) is 6.61 Å². The normalized spacial score (nSPS) is 24.5. The zero-order valence-electron chi connectivity index (χ0n) is 13.2. The van der Waals surface area contributed by atoms with Gasteiger partial charge in [0.25, 0.3) is 0 Å². The summed E-state index contributed by atoms with van der Waals surface area (Å²) in [4.78, 5) is 24.0. The van der Waals surface area contributed by atoms with E-state index in [4.69, 9.17) is 9.47 Å². The number of rotatable bonds is 8. The number of esters is 2. The van der Waals surface area contributed by atoms with Gasteiger partial charge < -0.3 is 9.47 Å². The van der Waals surface area contributed by atoms with Crippen molar-refractivity contribution < 1.29 is 19.1 Å². The van der Waals surface area contributed by atoms with Crippen LogP contribution in [-0.4, -0.2) is 24.6 Å². The molecule has 0 bridgehead atoms. The molecule has 0 aromatic heterocycles. The third-order valence-electron chi connectivity index (χ3n) is 4.07. The monoisotopic (exact) mass is 284 g/mol. The topological polar surface area (TPSA) is 52.6 Å². The summed E-state index contributed by atoms with van der Waals surface area (Å²) in [6.45, 7) is 7.84. The Morgan fingerprint density at radius 1 is 1.20 bits per heavy atom. The van der Waals surface area contributed by atoms with Crippen molar-refractivity contribution in [1.29, 1.82) is 0 Å². The Balaban J connectivity index is 2.59. The van der Waals surface area contributed by atoms with Gasteiger partial charge in [0.05, 0.1) is 12.0 Å². The Hall–Kier alpha value is -1.06. The first-order chi connectivity index (χ1) is 9.45. The maximum Gasteiger partial charge on any atom is 0.313 e. The Morgan fingerprint density at radius 2 is 1.85 bits per heavy atom. The van der Waals surface area contributed by atoms with E-state index < -0.39 is 11.3 Å². The van der Waals surface area contributed by atoms with Crippen LogP contribution in [0, 0.1) is 11.3 Å². The van der Waals surface area contributed by atoms with E-state index in [0.717, 1.165) is 19.3 Å². The summed E-state index contributed by atoms with van der Waals surface area (Å²) in [5.74, 6) is -1.06. The van der Waals surface area contributed by atoms with Crippen LogP contribution in [0.5, 0.6) is 0 Å². The molecule has 1 aliphatic rings. The van der Waals surface area contributed by atoms with Crippen molar-refractivity contribution in [1.82, 2.24) is 0 Å². The highest BCUT2D eigenvalue weighted by molar-refractivity contribution is 5.88.